The zero-order valence-corrected chi connectivity index (χ0v) is 23.5. The molecule has 0 saturated carbocycles. The Balaban J connectivity index is 2.07. The molecule has 1 fully saturated rings. The summed E-state index contributed by atoms with van der Waals surface area (Å²) < 4.78 is 23.0. The summed E-state index contributed by atoms with van der Waals surface area (Å²) in [5, 5.41) is -0.0785. The van der Waals surface area contributed by atoms with Crippen LogP contribution in [0.2, 0.25) is 6.32 Å². The summed E-state index contributed by atoms with van der Waals surface area (Å²) >= 11 is 0. The number of nitrogens with zero attached hydrogens (tertiary/aromatic N) is 1. The van der Waals surface area contributed by atoms with Crippen LogP contribution in [0.4, 0.5) is 4.79 Å². The average Bonchev–Trinajstić information content (AvgIpc) is 3.06. The molecule has 2 unspecified atom stereocenters. The molecular formula is C26H42BNO6P. The van der Waals surface area contributed by atoms with Gasteiger partial charge in [-0.3, -0.25) is 4.90 Å². The van der Waals surface area contributed by atoms with Crippen LogP contribution in [0, 0.1) is 0 Å². The molecular weight excluding hydrogens is 464 g/mol. The van der Waals surface area contributed by atoms with E-state index >= 15 is 0 Å². The molecule has 0 bridgehead atoms. The molecule has 2 atom stereocenters. The van der Waals surface area contributed by atoms with Gasteiger partial charge in [0, 0.05) is 5.16 Å². The van der Waals surface area contributed by atoms with Crippen molar-refractivity contribution in [2.24, 2.45) is 0 Å². The van der Waals surface area contributed by atoms with Crippen molar-refractivity contribution in [3.63, 3.8) is 0 Å². The summed E-state index contributed by atoms with van der Waals surface area (Å²) in [5.74, 6) is -0.464. The first-order chi connectivity index (χ1) is 16.3. The summed E-state index contributed by atoms with van der Waals surface area (Å²) in [5.41, 5.74) is -1.71. The van der Waals surface area contributed by atoms with Crippen LogP contribution in [0.5, 0.6) is 0 Å². The van der Waals surface area contributed by atoms with Crippen molar-refractivity contribution >= 4 is 28.8 Å². The summed E-state index contributed by atoms with van der Waals surface area (Å²) in [6, 6.07) is 9.44. The van der Waals surface area contributed by atoms with Crippen molar-refractivity contribution < 1.29 is 28.5 Å². The molecule has 1 aromatic rings. The maximum absolute atomic E-state index is 13.3. The Morgan fingerprint density at radius 2 is 1.77 bits per heavy atom. The van der Waals surface area contributed by atoms with Gasteiger partial charge in [0.1, 0.15) is 12.3 Å². The third-order valence-corrected chi connectivity index (χ3v) is 7.46. The molecule has 0 N–H and O–H groups in total. The first kappa shape index (κ1) is 29.6. The zero-order chi connectivity index (χ0) is 26.3. The number of ether oxygens (including phenoxy) is 3. The Labute approximate surface area is 214 Å². The molecule has 1 heterocycles. The fraction of sp³-hybridized carbons (Fsp3) is 0.692. The van der Waals surface area contributed by atoms with Crippen LogP contribution in [0.15, 0.2) is 30.3 Å². The Morgan fingerprint density at radius 3 is 2.37 bits per heavy atom. The maximum atomic E-state index is 13.3. The third-order valence-electron chi connectivity index (χ3n) is 6.77. The summed E-state index contributed by atoms with van der Waals surface area (Å²) in [6.07, 6.45) is 2.02. The molecule has 1 aromatic carbocycles. The molecule has 9 heteroatoms. The molecule has 1 saturated heterocycles. The van der Waals surface area contributed by atoms with Crippen LogP contribution < -0.4 is 0 Å². The Kier molecular flexibility index (Phi) is 10.2. The SMILES string of the molecule is CCOC(=O)C1(CCCC[B]OC(C)(C)C(C)(C)P)COC(C)(C)N1C(=O)OCc1ccccc1. The van der Waals surface area contributed by atoms with E-state index < -0.39 is 23.3 Å². The van der Waals surface area contributed by atoms with Gasteiger partial charge in [-0.15, -0.1) is 9.24 Å². The molecule has 1 aliphatic heterocycles. The standard InChI is InChI=1S/C26H42BNO6P/c1-8-31-21(29)26(16-12-13-17-27-34-23(2,3)24(4,5)35)19-33-25(6,7)28(26)22(30)32-18-20-14-10-9-11-15-20/h9-11,14-15H,8,12-13,16-19,35H2,1-7H3. The van der Waals surface area contributed by atoms with Crippen molar-refractivity contribution in [3.05, 3.63) is 35.9 Å². The Bertz CT molecular complexity index is 842. The minimum Gasteiger partial charge on any atom is -0.464 e. The maximum Gasteiger partial charge on any atom is 0.413 e. The molecule has 195 valence electrons. The van der Waals surface area contributed by atoms with Gasteiger partial charge in [0.25, 0.3) is 7.48 Å². The minimum atomic E-state index is -1.24. The van der Waals surface area contributed by atoms with E-state index in [1.807, 2.05) is 37.8 Å². The van der Waals surface area contributed by atoms with Crippen molar-refractivity contribution in [3.8, 4) is 0 Å². The van der Waals surface area contributed by atoms with E-state index in [1.54, 1.807) is 20.8 Å². The van der Waals surface area contributed by atoms with E-state index in [2.05, 4.69) is 36.9 Å². The highest BCUT2D eigenvalue weighted by Gasteiger charge is 2.60. The van der Waals surface area contributed by atoms with E-state index in [9.17, 15) is 9.59 Å². The Morgan fingerprint density at radius 1 is 1.11 bits per heavy atom. The predicted molar refractivity (Wildman–Crippen MR) is 141 cm³/mol. The molecule has 1 amide bonds. The molecule has 35 heavy (non-hydrogen) atoms. The molecule has 1 aliphatic rings. The molecule has 0 spiro atoms. The van der Waals surface area contributed by atoms with Crippen LogP contribution in [0.3, 0.4) is 0 Å². The van der Waals surface area contributed by atoms with Gasteiger partial charge in [0.2, 0.25) is 0 Å². The third kappa shape index (κ3) is 7.44. The topological polar surface area (TPSA) is 74.3 Å². The highest BCUT2D eigenvalue weighted by atomic mass is 31.0. The number of rotatable bonds is 12. The first-order valence-electron chi connectivity index (χ1n) is 12.4. The summed E-state index contributed by atoms with van der Waals surface area (Å²) in [4.78, 5) is 27.9. The second-order valence-electron chi connectivity index (χ2n) is 10.6. The van der Waals surface area contributed by atoms with Gasteiger partial charge in [-0.25, -0.2) is 9.59 Å². The Hall–Kier alpha value is -1.63. The highest BCUT2D eigenvalue weighted by molar-refractivity contribution is 7.19. The summed E-state index contributed by atoms with van der Waals surface area (Å²) in [7, 11) is 4.66. The summed E-state index contributed by atoms with van der Waals surface area (Å²) in [6.45, 7) is 14.0. The quantitative estimate of drug-likeness (QED) is 0.165. The van der Waals surface area contributed by atoms with Crippen molar-refractivity contribution in [1.29, 1.82) is 0 Å². The fourth-order valence-corrected chi connectivity index (χ4v) is 3.95. The van der Waals surface area contributed by atoms with Crippen LogP contribution in [-0.2, 0) is 30.3 Å². The number of esters is 1. The molecule has 7 nitrogen and oxygen atoms in total. The van der Waals surface area contributed by atoms with Gasteiger partial charge in [0.15, 0.2) is 5.54 Å². The molecule has 1 radical (unpaired) electrons. The number of carbonyl (C=O) groups excluding carboxylic acids is 2. The highest BCUT2D eigenvalue weighted by Crippen LogP contribution is 2.40. The largest absolute Gasteiger partial charge is 0.464 e. The second-order valence-corrected chi connectivity index (χ2v) is 12.1. The number of unbranched alkanes of at least 4 members (excludes halogenated alkanes) is 1. The normalized spacial score (nSPS) is 19.9. The van der Waals surface area contributed by atoms with Gasteiger partial charge < -0.3 is 18.9 Å². The van der Waals surface area contributed by atoms with E-state index in [1.165, 1.54) is 4.90 Å². The van der Waals surface area contributed by atoms with Gasteiger partial charge in [-0.2, -0.15) is 0 Å². The monoisotopic (exact) mass is 506 g/mol. The first-order valence-corrected chi connectivity index (χ1v) is 13.0. The molecule has 0 aromatic heterocycles. The lowest BCUT2D eigenvalue weighted by Gasteiger charge is -2.39. The number of amides is 1. The number of hydrogen-bond donors (Lipinski definition) is 0. The van der Waals surface area contributed by atoms with Crippen molar-refractivity contribution in [2.75, 3.05) is 13.2 Å². The van der Waals surface area contributed by atoms with Gasteiger partial charge >= 0.3 is 12.1 Å². The number of carbonyl (C=O) groups is 2. The lowest BCUT2D eigenvalue weighted by molar-refractivity contribution is -0.157. The number of hydrogen-bond acceptors (Lipinski definition) is 6. The van der Waals surface area contributed by atoms with E-state index in [-0.39, 0.29) is 30.6 Å². The van der Waals surface area contributed by atoms with Gasteiger partial charge in [-0.05, 0) is 46.6 Å². The lowest BCUT2D eigenvalue weighted by atomic mass is 9.84. The van der Waals surface area contributed by atoms with E-state index in [4.69, 9.17) is 18.9 Å². The lowest BCUT2D eigenvalue weighted by Crippen LogP contribution is -2.60. The van der Waals surface area contributed by atoms with Crippen LogP contribution in [-0.4, -0.2) is 59.7 Å². The minimum absolute atomic E-state index is 0.0633. The van der Waals surface area contributed by atoms with Gasteiger partial charge in [0.05, 0.1) is 18.8 Å². The van der Waals surface area contributed by atoms with Crippen molar-refractivity contribution in [2.45, 2.75) is 103 Å². The van der Waals surface area contributed by atoms with E-state index in [0.717, 1.165) is 18.3 Å². The predicted octanol–water partition coefficient (Wildman–Crippen LogP) is 5.35. The average molecular weight is 506 g/mol. The number of benzene rings is 1. The van der Waals surface area contributed by atoms with Crippen molar-refractivity contribution in [1.82, 2.24) is 4.90 Å². The molecule has 0 aliphatic carbocycles. The van der Waals surface area contributed by atoms with E-state index in [0.29, 0.717) is 12.8 Å². The second kappa shape index (κ2) is 12.1. The van der Waals surface area contributed by atoms with Crippen LogP contribution in [0.1, 0.15) is 73.3 Å². The van der Waals surface area contributed by atoms with Crippen LogP contribution in [0.25, 0.3) is 0 Å². The van der Waals surface area contributed by atoms with Gasteiger partial charge in [-0.1, -0.05) is 63.3 Å². The van der Waals surface area contributed by atoms with Crippen LogP contribution >= 0.6 is 9.24 Å². The smallest absolute Gasteiger partial charge is 0.413 e. The fourth-order valence-electron chi connectivity index (χ4n) is 3.88. The molecule has 2 rings (SSSR count). The zero-order valence-electron chi connectivity index (χ0n) is 22.4.